The standard InChI is InChI=1S/C27H21ClN4O/c28-16-11-9-15(10-12-16)23-19(13-29)26(20-14-31-21-7-3-1-5-17(20)21)33-27-24(23)25(30)18-6-2-4-8-22(18)32-27/h1,3,5,7,9-12,14,23,31H,2,4,6,8H2,(H2,30,32). The van der Waals surface area contributed by atoms with E-state index in [1.807, 2.05) is 54.7 Å². The van der Waals surface area contributed by atoms with Crippen LogP contribution in [0, 0.1) is 11.3 Å². The molecule has 1 atom stereocenters. The van der Waals surface area contributed by atoms with Crippen LogP contribution in [0.3, 0.4) is 0 Å². The van der Waals surface area contributed by atoms with E-state index in [-0.39, 0.29) is 5.92 Å². The predicted octanol–water partition coefficient (Wildman–Crippen LogP) is 6.14. The zero-order chi connectivity index (χ0) is 22.5. The summed E-state index contributed by atoms with van der Waals surface area (Å²) in [5.41, 5.74) is 13.6. The molecule has 33 heavy (non-hydrogen) atoms. The summed E-state index contributed by atoms with van der Waals surface area (Å²) >= 11 is 6.18. The second kappa shape index (κ2) is 7.68. The minimum absolute atomic E-state index is 0.389. The van der Waals surface area contributed by atoms with Gasteiger partial charge in [-0.25, -0.2) is 4.98 Å². The first-order chi connectivity index (χ1) is 16.2. The molecular weight excluding hydrogens is 432 g/mol. The third-order valence-electron chi connectivity index (χ3n) is 6.70. The fraction of sp³-hybridized carbons (Fsp3) is 0.185. The number of fused-ring (bicyclic) bond motifs is 3. The van der Waals surface area contributed by atoms with Gasteiger partial charge in [0.2, 0.25) is 5.88 Å². The molecule has 0 saturated heterocycles. The number of aromatic amines is 1. The molecule has 0 spiro atoms. The summed E-state index contributed by atoms with van der Waals surface area (Å²) in [5, 5.41) is 12.0. The summed E-state index contributed by atoms with van der Waals surface area (Å²) in [6, 6.07) is 18.0. The van der Waals surface area contributed by atoms with E-state index in [9.17, 15) is 5.26 Å². The average molecular weight is 453 g/mol. The van der Waals surface area contributed by atoms with Crippen LogP contribution in [0.25, 0.3) is 16.7 Å². The Balaban J connectivity index is 1.65. The van der Waals surface area contributed by atoms with Gasteiger partial charge >= 0.3 is 0 Å². The topological polar surface area (TPSA) is 87.7 Å². The van der Waals surface area contributed by atoms with Crippen molar-refractivity contribution >= 4 is 34.0 Å². The van der Waals surface area contributed by atoms with Gasteiger partial charge in [-0.05, 0) is 55.0 Å². The van der Waals surface area contributed by atoms with E-state index in [1.165, 1.54) is 0 Å². The van der Waals surface area contributed by atoms with Crippen molar-refractivity contribution in [2.75, 3.05) is 5.73 Å². The van der Waals surface area contributed by atoms with Crippen LogP contribution >= 0.6 is 11.6 Å². The highest BCUT2D eigenvalue weighted by Gasteiger charge is 2.37. The highest BCUT2D eigenvalue weighted by atomic mass is 35.5. The minimum Gasteiger partial charge on any atom is -0.437 e. The molecular formula is C27H21ClN4O. The number of allylic oxidation sites excluding steroid dienone is 1. The summed E-state index contributed by atoms with van der Waals surface area (Å²) < 4.78 is 6.43. The highest BCUT2D eigenvalue weighted by molar-refractivity contribution is 6.30. The first kappa shape index (κ1) is 19.9. The van der Waals surface area contributed by atoms with E-state index in [4.69, 9.17) is 27.1 Å². The number of nitriles is 1. The quantitative estimate of drug-likeness (QED) is 0.382. The van der Waals surface area contributed by atoms with Crippen LogP contribution in [0.4, 0.5) is 5.69 Å². The molecule has 1 unspecified atom stereocenters. The maximum absolute atomic E-state index is 10.4. The van der Waals surface area contributed by atoms with Crippen molar-refractivity contribution in [3.05, 3.63) is 93.3 Å². The van der Waals surface area contributed by atoms with Crippen molar-refractivity contribution in [2.45, 2.75) is 31.6 Å². The van der Waals surface area contributed by atoms with Crippen molar-refractivity contribution in [3.8, 4) is 11.9 Å². The Morgan fingerprint density at radius 2 is 1.88 bits per heavy atom. The van der Waals surface area contributed by atoms with Crippen molar-refractivity contribution in [2.24, 2.45) is 0 Å². The molecule has 0 amide bonds. The zero-order valence-electron chi connectivity index (χ0n) is 17.9. The number of aromatic nitrogens is 2. The number of benzene rings is 2. The van der Waals surface area contributed by atoms with E-state index < -0.39 is 0 Å². The number of hydrogen-bond acceptors (Lipinski definition) is 4. The summed E-state index contributed by atoms with van der Waals surface area (Å²) in [6.45, 7) is 0. The number of nitrogens with zero attached hydrogens (tertiary/aromatic N) is 2. The summed E-state index contributed by atoms with van der Waals surface area (Å²) in [7, 11) is 0. The lowest BCUT2D eigenvalue weighted by molar-refractivity contribution is 0.462. The number of nitrogens with one attached hydrogen (secondary N) is 1. The lowest BCUT2D eigenvalue weighted by Crippen LogP contribution is -2.21. The number of anilines is 1. The Morgan fingerprint density at radius 3 is 2.70 bits per heavy atom. The molecule has 0 saturated carbocycles. The molecule has 162 valence electrons. The van der Waals surface area contributed by atoms with Crippen LogP contribution in [0.5, 0.6) is 5.88 Å². The van der Waals surface area contributed by atoms with Gasteiger partial charge in [-0.1, -0.05) is 41.9 Å². The van der Waals surface area contributed by atoms with Crippen molar-refractivity contribution in [1.82, 2.24) is 9.97 Å². The molecule has 6 rings (SSSR count). The van der Waals surface area contributed by atoms with Crippen LogP contribution in [-0.4, -0.2) is 9.97 Å². The molecule has 1 aliphatic heterocycles. The molecule has 2 aliphatic rings. The number of pyridine rings is 1. The normalized spacial score (nSPS) is 17.3. The van der Waals surface area contributed by atoms with Gasteiger partial charge in [0.05, 0.1) is 23.1 Å². The van der Waals surface area contributed by atoms with Crippen LogP contribution in [0.15, 0.2) is 60.3 Å². The predicted molar refractivity (Wildman–Crippen MR) is 130 cm³/mol. The number of halogens is 1. The third-order valence-corrected chi connectivity index (χ3v) is 6.95. The van der Waals surface area contributed by atoms with Gasteiger partial charge in [0, 0.05) is 39.1 Å². The lowest BCUT2D eigenvalue weighted by Gasteiger charge is -2.31. The van der Waals surface area contributed by atoms with Crippen molar-refractivity contribution < 1.29 is 4.74 Å². The average Bonchev–Trinajstić information content (AvgIpc) is 3.28. The largest absolute Gasteiger partial charge is 0.437 e. The third kappa shape index (κ3) is 3.10. The van der Waals surface area contributed by atoms with Crippen LogP contribution in [0.2, 0.25) is 5.02 Å². The number of para-hydroxylation sites is 1. The smallest absolute Gasteiger partial charge is 0.225 e. The lowest BCUT2D eigenvalue weighted by atomic mass is 9.80. The van der Waals surface area contributed by atoms with Gasteiger partial charge in [0.15, 0.2) is 5.76 Å². The molecule has 3 heterocycles. The second-order valence-electron chi connectivity index (χ2n) is 8.57. The zero-order valence-corrected chi connectivity index (χ0v) is 18.6. The molecule has 2 aromatic carbocycles. The van der Waals surface area contributed by atoms with Crippen LogP contribution in [-0.2, 0) is 12.8 Å². The Bertz CT molecular complexity index is 1480. The molecule has 6 heteroatoms. The number of nitrogen functional groups attached to an aromatic ring is 1. The van der Waals surface area contributed by atoms with E-state index in [0.29, 0.717) is 27.9 Å². The number of aryl methyl sites for hydroxylation is 1. The van der Waals surface area contributed by atoms with E-state index in [0.717, 1.165) is 64.5 Å². The molecule has 5 nitrogen and oxygen atoms in total. The number of H-pyrrole nitrogens is 1. The van der Waals surface area contributed by atoms with Crippen LogP contribution < -0.4 is 10.5 Å². The van der Waals surface area contributed by atoms with Gasteiger partial charge in [0.25, 0.3) is 0 Å². The van der Waals surface area contributed by atoms with Gasteiger partial charge in [0.1, 0.15) is 0 Å². The number of hydrogen-bond donors (Lipinski definition) is 2. The molecule has 0 fully saturated rings. The highest BCUT2D eigenvalue weighted by Crippen LogP contribution is 2.49. The first-order valence-corrected chi connectivity index (χ1v) is 11.5. The number of ether oxygens (including phenoxy) is 1. The second-order valence-corrected chi connectivity index (χ2v) is 9.00. The van der Waals surface area contributed by atoms with E-state index >= 15 is 0 Å². The molecule has 2 aromatic heterocycles. The molecule has 4 aromatic rings. The van der Waals surface area contributed by atoms with Gasteiger partial charge in [-0.3, -0.25) is 0 Å². The van der Waals surface area contributed by atoms with E-state index in [2.05, 4.69) is 11.1 Å². The Hall–Kier alpha value is -3.75. The molecule has 3 N–H and O–H groups in total. The van der Waals surface area contributed by atoms with Gasteiger partial charge < -0.3 is 15.5 Å². The first-order valence-electron chi connectivity index (χ1n) is 11.1. The van der Waals surface area contributed by atoms with Crippen LogP contribution in [0.1, 0.15) is 46.7 Å². The molecule has 0 radical (unpaired) electrons. The fourth-order valence-electron chi connectivity index (χ4n) is 5.11. The minimum atomic E-state index is -0.389. The SMILES string of the molecule is N#CC1=C(c2c[nH]c3ccccc23)Oc2nc3c(c(N)c2C1c1ccc(Cl)cc1)CCCC3. The Labute approximate surface area is 196 Å². The fourth-order valence-corrected chi connectivity index (χ4v) is 5.24. The molecule has 1 aliphatic carbocycles. The summed E-state index contributed by atoms with van der Waals surface area (Å²) in [5.74, 6) is 0.622. The maximum atomic E-state index is 10.4. The van der Waals surface area contributed by atoms with Gasteiger partial charge in [-0.2, -0.15) is 5.26 Å². The summed E-state index contributed by atoms with van der Waals surface area (Å²) in [6.07, 6.45) is 5.86. The Morgan fingerprint density at radius 1 is 1.09 bits per heavy atom. The Kier molecular flexibility index (Phi) is 4.63. The number of nitrogens with two attached hydrogens (primary N) is 1. The maximum Gasteiger partial charge on any atom is 0.225 e. The molecule has 0 bridgehead atoms. The van der Waals surface area contributed by atoms with Crippen molar-refractivity contribution in [1.29, 1.82) is 5.26 Å². The monoisotopic (exact) mass is 452 g/mol. The van der Waals surface area contributed by atoms with Gasteiger partial charge in [-0.15, -0.1) is 0 Å². The number of rotatable bonds is 2. The summed E-state index contributed by atoms with van der Waals surface area (Å²) in [4.78, 5) is 8.23. The van der Waals surface area contributed by atoms with Crippen molar-refractivity contribution in [3.63, 3.8) is 0 Å². The van der Waals surface area contributed by atoms with E-state index in [1.54, 1.807) is 0 Å².